The molecule has 5 rings (SSSR count). The van der Waals surface area contributed by atoms with Crippen molar-refractivity contribution >= 4 is 11.4 Å². The first kappa shape index (κ1) is 14.9. The van der Waals surface area contributed by atoms with Crippen LogP contribution in [-0.2, 0) is 4.74 Å². The minimum absolute atomic E-state index is 0.0840. The van der Waals surface area contributed by atoms with Crippen molar-refractivity contribution in [3.8, 4) is 11.5 Å². The number of anilines is 2. The molecule has 0 N–H and O–H groups in total. The molecule has 3 aliphatic heterocycles. The Labute approximate surface area is 147 Å². The molecule has 5 nitrogen and oxygen atoms in total. The van der Waals surface area contributed by atoms with Crippen LogP contribution in [0.15, 0.2) is 36.4 Å². The summed E-state index contributed by atoms with van der Waals surface area (Å²) in [7, 11) is 0. The van der Waals surface area contributed by atoms with E-state index in [0.717, 1.165) is 36.0 Å². The molecule has 2 atom stereocenters. The Kier molecular flexibility index (Phi) is 3.31. The van der Waals surface area contributed by atoms with Gasteiger partial charge in [-0.25, -0.2) is 0 Å². The van der Waals surface area contributed by atoms with Crippen molar-refractivity contribution < 1.29 is 14.2 Å². The van der Waals surface area contributed by atoms with E-state index in [9.17, 15) is 0 Å². The second kappa shape index (κ2) is 5.56. The van der Waals surface area contributed by atoms with E-state index >= 15 is 0 Å². The Morgan fingerprint density at radius 1 is 0.760 bits per heavy atom. The van der Waals surface area contributed by atoms with Crippen molar-refractivity contribution in [2.45, 2.75) is 26.3 Å². The maximum Gasteiger partial charge on any atom is 0.167 e. The van der Waals surface area contributed by atoms with Crippen molar-refractivity contribution in [1.29, 1.82) is 0 Å². The molecule has 0 aliphatic carbocycles. The Morgan fingerprint density at radius 2 is 1.24 bits per heavy atom. The largest absolute Gasteiger partial charge is 0.487 e. The summed E-state index contributed by atoms with van der Waals surface area (Å²) in [5.74, 6) is 1.88. The summed E-state index contributed by atoms with van der Waals surface area (Å²) in [6, 6.07) is 12.7. The maximum atomic E-state index is 6.41. The number of benzene rings is 2. The minimum atomic E-state index is -0.0840. The summed E-state index contributed by atoms with van der Waals surface area (Å²) in [6.07, 6.45) is -0.168. The monoisotopic (exact) mass is 338 g/mol. The highest BCUT2D eigenvalue weighted by Gasteiger charge is 2.38. The third-order valence-corrected chi connectivity index (χ3v) is 5.20. The van der Waals surface area contributed by atoms with Gasteiger partial charge < -0.3 is 24.0 Å². The highest BCUT2D eigenvalue weighted by atomic mass is 16.6. The second-order valence-electron chi connectivity index (χ2n) is 7.00. The molecule has 0 bridgehead atoms. The fourth-order valence-corrected chi connectivity index (χ4v) is 3.91. The summed E-state index contributed by atoms with van der Waals surface area (Å²) >= 11 is 0. The zero-order chi connectivity index (χ0) is 17.0. The lowest BCUT2D eigenvalue weighted by molar-refractivity contribution is -0.0528. The SMILES string of the molecule is Cc1ccc2c(c1)N1CCN3c4cc(C)ccc4OC[C@H]3O[C@@H]1CO2. The van der Waals surface area contributed by atoms with Crippen LogP contribution >= 0.6 is 0 Å². The van der Waals surface area contributed by atoms with Gasteiger partial charge in [0.15, 0.2) is 12.5 Å². The number of ether oxygens (including phenoxy) is 3. The lowest BCUT2D eigenvalue weighted by Crippen LogP contribution is -2.48. The normalized spacial score (nSPS) is 24.1. The molecule has 5 heteroatoms. The summed E-state index contributed by atoms with van der Waals surface area (Å²) in [5.41, 5.74) is 4.71. The zero-order valence-corrected chi connectivity index (χ0v) is 14.6. The molecule has 0 aromatic heterocycles. The molecule has 25 heavy (non-hydrogen) atoms. The number of hydrogen-bond acceptors (Lipinski definition) is 5. The fourth-order valence-electron chi connectivity index (χ4n) is 3.91. The highest BCUT2D eigenvalue weighted by Crippen LogP contribution is 2.40. The predicted molar refractivity (Wildman–Crippen MR) is 96.7 cm³/mol. The first-order valence-corrected chi connectivity index (χ1v) is 8.85. The van der Waals surface area contributed by atoms with Gasteiger partial charge in [-0.1, -0.05) is 12.1 Å². The van der Waals surface area contributed by atoms with Crippen molar-refractivity contribution in [3.05, 3.63) is 47.5 Å². The Bertz CT molecular complexity index is 755. The molecule has 1 fully saturated rings. The first-order chi connectivity index (χ1) is 12.2. The minimum Gasteiger partial charge on any atom is -0.487 e. The van der Waals surface area contributed by atoms with Crippen LogP contribution in [0.2, 0.25) is 0 Å². The van der Waals surface area contributed by atoms with Crippen molar-refractivity contribution in [3.63, 3.8) is 0 Å². The molecule has 0 radical (unpaired) electrons. The molecule has 0 saturated carbocycles. The van der Waals surface area contributed by atoms with E-state index in [4.69, 9.17) is 14.2 Å². The van der Waals surface area contributed by atoms with E-state index in [1.165, 1.54) is 11.1 Å². The van der Waals surface area contributed by atoms with Gasteiger partial charge in [0.25, 0.3) is 0 Å². The lowest BCUT2D eigenvalue weighted by Gasteiger charge is -2.39. The average molecular weight is 338 g/mol. The maximum absolute atomic E-state index is 6.41. The summed E-state index contributed by atoms with van der Waals surface area (Å²) < 4.78 is 18.3. The smallest absolute Gasteiger partial charge is 0.167 e. The molecule has 130 valence electrons. The quantitative estimate of drug-likeness (QED) is 0.737. The van der Waals surface area contributed by atoms with Crippen LogP contribution in [0.25, 0.3) is 0 Å². The topological polar surface area (TPSA) is 34.2 Å². The van der Waals surface area contributed by atoms with Crippen molar-refractivity contribution in [2.75, 3.05) is 36.1 Å². The molecular weight excluding hydrogens is 316 g/mol. The number of fused-ring (bicyclic) bond motifs is 6. The van der Waals surface area contributed by atoms with E-state index in [-0.39, 0.29) is 12.5 Å². The van der Waals surface area contributed by atoms with Crippen LogP contribution < -0.4 is 19.3 Å². The summed E-state index contributed by atoms with van der Waals surface area (Å²) in [5, 5.41) is 0. The van der Waals surface area contributed by atoms with Crippen LogP contribution in [-0.4, -0.2) is 38.8 Å². The third kappa shape index (κ3) is 2.42. The molecule has 1 saturated heterocycles. The second-order valence-corrected chi connectivity index (χ2v) is 7.00. The van der Waals surface area contributed by atoms with Gasteiger partial charge >= 0.3 is 0 Å². The summed E-state index contributed by atoms with van der Waals surface area (Å²) in [4.78, 5) is 4.67. The Morgan fingerprint density at radius 3 is 1.72 bits per heavy atom. The van der Waals surface area contributed by atoms with Crippen molar-refractivity contribution in [2.24, 2.45) is 0 Å². The van der Waals surface area contributed by atoms with Crippen LogP contribution in [0.4, 0.5) is 11.4 Å². The van der Waals surface area contributed by atoms with E-state index in [2.05, 4.69) is 60.0 Å². The molecular formula is C20H22N2O3. The average Bonchev–Trinajstić information content (AvgIpc) is 2.81. The van der Waals surface area contributed by atoms with E-state index in [1.807, 2.05) is 0 Å². The third-order valence-electron chi connectivity index (χ3n) is 5.20. The van der Waals surface area contributed by atoms with Crippen LogP contribution in [0.3, 0.4) is 0 Å². The number of nitrogens with zero attached hydrogens (tertiary/aromatic N) is 2. The molecule has 2 aromatic carbocycles. The number of hydrogen-bond donors (Lipinski definition) is 0. The lowest BCUT2D eigenvalue weighted by atomic mass is 10.1. The van der Waals surface area contributed by atoms with Crippen LogP contribution in [0.1, 0.15) is 11.1 Å². The van der Waals surface area contributed by atoms with E-state index in [0.29, 0.717) is 13.2 Å². The van der Waals surface area contributed by atoms with Gasteiger partial charge in [-0.05, 0) is 49.2 Å². The highest BCUT2D eigenvalue weighted by molar-refractivity contribution is 5.64. The summed E-state index contributed by atoms with van der Waals surface area (Å²) in [6.45, 7) is 7.10. The van der Waals surface area contributed by atoms with Crippen LogP contribution in [0, 0.1) is 13.8 Å². The molecule has 2 aromatic rings. The molecule has 3 heterocycles. The van der Waals surface area contributed by atoms with Gasteiger partial charge in [0.05, 0.1) is 11.4 Å². The number of aryl methyl sites for hydroxylation is 2. The van der Waals surface area contributed by atoms with Gasteiger partial charge in [-0.2, -0.15) is 0 Å². The molecule has 3 aliphatic rings. The first-order valence-electron chi connectivity index (χ1n) is 8.85. The van der Waals surface area contributed by atoms with Crippen LogP contribution in [0.5, 0.6) is 11.5 Å². The van der Waals surface area contributed by atoms with E-state index in [1.54, 1.807) is 0 Å². The zero-order valence-electron chi connectivity index (χ0n) is 14.6. The van der Waals surface area contributed by atoms with Gasteiger partial charge in [-0.15, -0.1) is 0 Å². The fraction of sp³-hybridized carbons (Fsp3) is 0.400. The Hall–Kier alpha value is -2.40. The molecule has 0 spiro atoms. The van der Waals surface area contributed by atoms with Gasteiger partial charge in [0.2, 0.25) is 0 Å². The van der Waals surface area contributed by atoms with Gasteiger partial charge in [-0.3, -0.25) is 0 Å². The molecule has 0 unspecified atom stereocenters. The molecule has 0 amide bonds. The number of rotatable bonds is 0. The van der Waals surface area contributed by atoms with Crippen molar-refractivity contribution in [1.82, 2.24) is 0 Å². The standard InChI is InChI=1S/C20H22N2O3/c1-13-3-5-17-15(9-13)21-7-8-22-16-10-14(2)4-6-18(16)24-12-20(22)25-19(21)11-23-17/h3-6,9-10,19-20H,7-8,11-12H2,1-2H3/t19-,20-/m1/s1. The van der Waals surface area contributed by atoms with E-state index < -0.39 is 0 Å². The Balaban J connectivity index is 1.50. The van der Waals surface area contributed by atoms with Gasteiger partial charge in [0.1, 0.15) is 24.7 Å². The predicted octanol–water partition coefficient (Wildman–Crippen LogP) is 3.08. The van der Waals surface area contributed by atoms with Gasteiger partial charge in [0, 0.05) is 13.1 Å².